The topological polar surface area (TPSA) is 74.7 Å². The number of aliphatic hydroxyl groups excluding tert-OH is 1. The van der Waals surface area contributed by atoms with Crippen molar-refractivity contribution in [1.29, 1.82) is 0 Å². The molecule has 1 aliphatic rings. The third-order valence-electron chi connectivity index (χ3n) is 3.52. The number of morpholine rings is 1. The van der Waals surface area contributed by atoms with Crippen molar-refractivity contribution in [3.05, 3.63) is 23.9 Å². The Morgan fingerprint density at radius 1 is 1.67 bits per heavy atom. The summed E-state index contributed by atoms with van der Waals surface area (Å²) in [5, 5.41) is 12.8. The van der Waals surface area contributed by atoms with E-state index >= 15 is 0 Å². The first kappa shape index (κ1) is 15.7. The maximum absolute atomic E-state index is 12.3. The van der Waals surface area contributed by atoms with E-state index in [0.29, 0.717) is 32.1 Å². The molecule has 2 rings (SSSR count). The van der Waals surface area contributed by atoms with Gasteiger partial charge in [-0.1, -0.05) is 13.0 Å². The summed E-state index contributed by atoms with van der Waals surface area (Å²) < 4.78 is 5.44. The fourth-order valence-electron chi connectivity index (χ4n) is 2.42. The Bertz CT molecular complexity index is 479. The van der Waals surface area contributed by atoms with Crippen LogP contribution >= 0.6 is 0 Å². The largest absolute Gasteiger partial charge is 0.389 e. The quantitative estimate of drug-likeness (QED) is 0.842. The van der Waals surface area contributed by atoms with E-state index in [2.05, 4.69) is 10.3 Å². The van der Waals surface area contributed by atoms with Crippen molar-refractivity contribution in [3.8, 4) is 0 Å². The van der Waals surface area contributed by atoms with E-state index in [4.69, 9.17) is 4.74 Å². The number of aromatic nitrogens is 1. The van der Waals surface area contributed by atoms with E-state index in [0.717, 1.165) is 12.0 Å². The molecule has 1 saturated heterocycles. The molecule has 2 atom stereocenters. The molecule has 0 bridgehead atoms. The van der Waals surface area contributed by atoms with Gasteiger partial charge >= 0.3 is 0 Å². The van der Waals surface area contributed by atoms with Crippen molar-refractivity contribution in [2.45, 2.75) is 32.4 Å². The van der Waals surface area contributed by atoms with E-state index in [1.54, 1.807) is 19.2 Å². The molecule has 21 heavy (non-hydrogen) atoms. The van der Waals surface area contributed by atoms with Gasteiger partial charge in [-0.25, -0.2) is 4.98 Å². The van der Waals surface area contributed by atoms with Crippen molar-refractivity contribution in [1.82, 2.24) is 10.3 Å². The number of aliphatic hydroxyl groups is 1. The third kappa shape index (κ3) is 3.71. The second kappa shape index (κ2) is 7.38. The predicted molar refractivity (Wildman–Crippen MR) is 80.1 cm³/mol. The minimum Gasteiger partial charge on any atom is -0.389 e. The first-order valence-electron chi connectivity index (χ1n) is 7.40. The monoisotopic (exact) mass is 293 g/mol. The molecule has 0 saturated carbocycles. The Morgan fingerprint density at radius 2 is 2.48 bits per heavy atom. The maximum Gasteiger partial charge on any atom is 0.245 e. The van der Waals surface area contributed by atoms with E-state index in [1.807, 2.05) is 17.9 Å². The number of ether oxygens (including phenoxy) is 1. The van der Waals surface area contributed by atoms with E-state index in [-0.39, 0.29) is 5.91 Å². The Balaban J connectivity index is 2.24. The molecule has 6 nitrogen and oxygen atoms in total. The van der Waals surface area contributed by atoms with Crippen LogP contribution in [0.15, 0.2) is 18.3 Å². The standard InChI is InChI=1S/C15H23N3O3/c1-3-6-17-15(20)13-10-21-9-8-18(13)14-12(11(2)19)5-4-7-16-14/h4-5,7,11,13,19H,3,6,8-10H2,1-2H3,(H,17,20)/t11-,13?/m1/s1. The number of anilines is 1. The van der Waals surface area contributed by atoms with E-state index < -0.39 is 12.1 Å². The van der Waals surface area contributed by atoms with Gasteiger partial charge in [-0.2, -0.15) is 0 Å². The van der Waals surface area contributed by atoms with Crippen molar-refractivity contribution in [2.24, 2.45) is 0 Å². The molecular formula is C15H23N3O3. The molecule has 1 unspecified atom stereocenters. The van der Waals surface area contributed by atoms with Crippen LogP contribution in [0.4, 0.5) is 5.82 Å². The van der Waals surface area contributed by atoms with Crippen molar-refractivity contribution < 1.29 is 14.6 Å². The number of carbonyl (C=O) groups is 1. The minimum atomic E-state index is -0.629. The summed E-state index contributed by atoms with van der Waals surface area (Å²) in [5.41, 5.74) is 0.729. The normalized spacial score (nSPS) is 20.1. The summed E-state index contributed by atoms with van der Waals surface area (Å²) in [4.78, 5) is 18.6. The summed E-state index contributed by atoms with van der Waals surface area (Å²) >= 11 is 0. The second-order valence-electron chi connectivity index (χ2n) is 5.17. The van der Waals surface area contributed by atoms with Crippen LogP contribution in [-0.2, 0) is 9.53 Å². The number of rotatable bonds is 5. The molecule has 1 fully saturated rings. The van der Waals surface area contributed by atoms with Crippen LogP contribution in [0, 0.1) is 0 Å². The molecule has 2 heterocycles. The van der Waals surface area contributed by atoms with Gasteiger partial charge in [-0.3, -0.25) is 4.79 Å². The maximum atomic E-state index is 12.3. The Morgan fingerprint density at radius 3 is 3.19 bits per heavy atom. The third-order valence-corrected chi connectivity index (χ3v) is 3.52. The number of pyridine rings is 1. The van der Waals surface area contributed by atoms with Crippen molar-refractivity contribution >= 4 is 11.7 Å². The fourth-order valence-corrected chi connectivity index (χ4v) is 2.42. The van der Waals surface area contributed by atoms with Gasteiger partial charge in [0.1, 0.15) is 11.9 Å². The SMILES string of the molecule is CCCNC(=O)C1COCCN1c1ncccc1[C@@H](C)O. The zero-order chi connectivity index (χ0) is 15.2. The number of hydrogen-bond acceptors (Lipinski definition) is 5. The minimum absolute atomic E-state index is 0.0567. The molecule has 116 valence electrons. The van der Waals surface area contributed by atoms with E-state index in [9.17, 15) is 9.90 Å². The Labute approximate surface area is 125 Å². The number of nitrogens with one attached hydrogen (secondary N) is 1. The van der Waals surface area contributed by atoms with E-state index in [1.165, 1.54) is 0 Å². The summed E-state index contributed by atoms with van der Waals surface area (Å²) in [6, 6.07) is 3.22. The van der Waals surface area contributed by atoms with Crippen LogP contribution in [0.2, 0.25) is 0 Å². The molecule has 0 aromatic carbocycles. The lowest BCUT2D eigenvalue weighted by molar-refractivity contribution is -0.124. The van der Waals surface area contributed by atoms with Gasteiger partial charge in [0, 0.05) is 24.8 Å². The highest BCUT2D eigenvalue weighted by Crippen LogP contribution is 2.26. The molecule has 0 spiro atoms. The lowest BCUT2D eigenvalue weighted by Crippen LogP contribution is -2.54. The molecule has 1 aromatic rings. The average Bonchev–Trinajstić information content (AvgIpc) is 2.52. The first-order chi connectivity index (χ1) is 10.1. The number of hydrogen-bond donors (Lipinski definition) is 2. The van der Waals surface area contributed by atoms with Crippen LogP contribution in [-0.4, -0.2) is 48.3 Å². The first-order valence-corrected chi connectivity index (χ1v) is 7.40. The van der Waals surface area contributed by atoms with Gasteiger partial charge in [-0.15, -0.1) is 0 Å². The van der Waals surface area contributed by atoms with Crippen molar-refractivity contribution in [3.63, 3.8) is 0 Å². The molecule has 6 heteroatoms. The van der Waals surface area contributed by atoms with Gasteiger partial charge in [0.05, 0.1) is 19.3 Å². The van der Waals surface area contributed by atoms with Crippen molar-refractivity contribution in [2.75, 3.05) is 31.2 Å². The second-order valence-corrected chi connectivity index (χ2v) is 5.17. The highest BCUT2D eigenvalue weighted by atomic mass is 16.5. The fraction of sp³-hybridized carbons (Fsp3) is 0.600. The molecule has 1 amide bonds. The molecule has 1 aromatic heterocycles. The number of carbonyl (C=O) groups excluding carboxylic acids is 1. The average molecular weight is 293 g/mol. The summed E-state index contributed by atoms with van der Waals surface area (Å²) in [5.74, 6) is 0.603. The van der Waals surface area contributed by atoms with Gasteiger partial charge in [0.2, 0.25) is 5.91 Å². The van der Waals surface area contributed by atoms with Crippen LogP contribution in [0.3, 0.4) is 0 Å². The van der Waals surface area contributed by atoms with Crippen LogP contribution in [0.5, 0.6) is 0 Å². The van der Waals surface area contributed by atoms with Gasteiger partial charge < -0.3 is 20.1 Å². The smallest absolute Gasteiger partial charge is 0.245 e. The summed E-state index contributed by atoms with van der Waals surface area (Å²) in [7, 11) is 0. The van der Waals surface area contributed by atoms with Gasteiger partial charge in [-0.05, 0) is 19.4 Å². The number of nitrogens with zero attached hydrogens (tertiary/aromatic N) is 2. The lowest BCUT2D eigenvalue weighted by atomic mass is 10.1. The molecule has 2 N–H and O–H groups in total. The van der Waals surface area contributed by atoms with Gasteiger partial charge in [0.25, 0.3) is 0 Å². The summed E-state index contributed by atoms with van der Waals surface area (Å²) in [6.45, 7) is 5.83. The predicted octanol–water partition coefficient (Wildman–Crippen LogP) is 0.866. The Hall–Kier alpha value is -1.66. The van der Waals surface area contributed by atoms with Gasteiger partial charge in [0.15, 0.2) is 0 Å². The zero-order valence-corrected chi connectivity index (χ0v) is 12.6. The molecule has 0 radical (unpaired) electrons. The highest BCUT2D eigenvalue weighted by Gasteiger charge is 2.31. The zero-order valence-electron chi connectivity index (χ0n) is 12.6. The van der Waals surface area contributed by atoms with Crippen LogP contribution < -0.4 is 10.2 Å². The lowest BCUT2D eigenvalue weighted by Gasteiger charge is -2.36. The molecule has 0 aliphatic carbocycles. The molecular weight excluding hydrogens is 270 g/mol. The van der Waals surface area contributed by atoms with Crippen LogP contribution in [0.1, 0.15) is 31.9 Å². The molecule has 1 aliphatic heterocycles. The van der Waals surface area contributed by atoms with Crippen LogP contribution in [0.25, 0.3) is 0 Å². The highest BCUT2D eigenvalue weighted by molar-refractivity contribution is 5.85. The summed E-state index contributed by atoms with van der Waals surface area (Å²) in [6.07, 6.45) is 1.94. The number of amides is 1. The Kier molecular flexibility index (Phi) is 5.52.